The summed E-state index contributed by atoms with van der Waals surface area (Å²) in [4.78, 5) is 0. The average Bonchev–Trinajstić information content (AvgIpc) is 2.26. The van der Waals surface area contributed by atoms with E-state index in [1.54, 1.807) is 0 Å². The molecule has 1 aromatic carbocycles. The van der Waals surface area contributed by atoms with E-state index in [4.69, 9.17) is 10.5 Å². The lowest BCUT2D eigenvalue weighted by Crippen LogP contribution is -2.10. The zero-order valence-electron chi connectivity index (χ0n) is 9.49. The molecule has 2 heteroatoms. The zero-order chi connectivity index (χ0) is 11.3. The summed E-state index contributed by atoms with van der Waals surface area (Å²) in [6.45, 7) is 9.09. The number of hydrogen-bond acceptors (Lipinski definition) is 2. The number of ether oxygens (including phenoxy) is 1. The van der Waals surface area contributed by atoms with Gasteiger partial charge in [0.1, 0.15) is 12.4 Å². The summed E-state index contributed by atoms with van der Waals surface area (Å²) in [5.41, 5.74) is 7.59. The lowest BCUT2D eigenvalue weighted by Gasteiger charge is -2.14. The van der Waals surface area contributed by atoms with Crippen LogP contribution in [0.1, 0.15) is 25.3 Å². The molecule has 0 aliphatic rings. The highest BCUT2D eigenvalue weighted by Crippen LogP contribution is 2.25. The van der Waals surface area contributed by atoms with Gasteiger partial charge in [0.15, 0.2) is 0 Å². The van der Waals surface area contributed by atoms with Gasteiger partial charge in [-0.05, 0) is 23.1 Å². The zero-order valence-corrected chi connectivity index (χ0v) is 9.49. The third-order valence-corrected chi connectivity index (χ3v) is 2.26. The van der Waals surface area contributed by atoms with Crippen LogP contribution in [0.4, 0.5) is 0 Å². The van der Waals surface area contributed by atoms with E-state index < -0.39 is 0 Å². The molecule has 0 saturated carbocycles. The first-order valence-electron chi connectivity index (χ1n) is 5.23. The number of nitrogens with two attached hydrogens (primary N) is 1. The van der Waals surface area contributed by atoms with Crippen molar-refractivity contribution in [3.8, 4) is 5.75 Å². The summed E-state index contributed by atoms with van der Waals surface area (Å²) in [5.74, 6) is 1.40. The molecule has 0 saturated heterocycles. The van der Waals surface area contributed by atoms with E-state index in [2.05, 4.69) is 26.5 Å². The smallest absolute Gasteiger partial charge is 0.123 e. The van der Waals surface area contributed by atoms with Crippen LogP contribution in [0.2, 0.25) is 0 Å². The van der Waals surface area contributed by atoms with Crippen molar-refractivity contribution in [1.29, 1.82) is 0 Å². The van der Waals surface area contributed by atoms with Crippen molar-refractivity contribution in [1.82, 2.24) is 0 Å². The van der Waals surface area contributed by atoms with Crippen molar-refractivity contribution < 1.29 is 4.74 Å². The quantitative estimate of drug-likeness (QED) is 0.750. The Morgan fingerprint density at radius 2 is 2.07 bits per heavy atom. The van der Waals surface area contributed by atoms with Gasteiger partial charge >= 0.3 is 0 Å². The molecule has 0 atom stereocenters. The second-order valence-electron chi connectivity index (χ2n) is 3.94. The van der Waals surface area contributed by atoms with E-state index in [0.717, 1.165) is 11.3 Å². The van der Waals surface area contributed by atoms with Gasteiger partial charge in [0.05, 0.1) is 0 Å². The Labute approximate surface area is 91.7 Å². The van der Waals surface area contributed by atoms with Crippen LogP contribution >= 0.6 is 0 Å². The molecule has 0 spiro atoms. The molecule has 0 aliphatic heterocycles. The average molecular weight is 205 g/mol. The summed E-state index contributed by atoms with van der Waals surface area (Å²) >= 11 is 0. The number of hydrogen-bond donors (Lipinski definition) is 1. The van der Waals surface area contributed by atoms with Crippen molar-refractivity contribution in [3.05, 3.63) is 42.0 Å². The first-order valence-corrected chi connectivity index (χ1v) is 5.23. The van der Waals surface area contributed by atoms with Crippen LogP contribution in [0.15, 0.2) is 36.4 Å². The maximum atomic E-state index is 5.67. The van der Waals surface area contributed by atoms with Gasteiger partial charge in [-0.1, -0.05) is 38.6 Å². The third kappa shape index (κ3) is 3.40. The van der Waals surface area contributed by atoms with Crippen molar-refractivity contribution >= 4 is 0 Å². The topological polar surface area (TPSA) is 35.2 Å². The fourth-order valence-corrected chi connectivity index (χ4v) is 1.33. The van der Waals surface area contributed by atoms with Gasteiger partial charge in [-0.2, -0.15) is 0 Å². The maximum Gasteiger partial charge on any atom is 0.123 e. The predicted octanol–water partition coefficient (Wildman–Crippen LogP) is 2.70. The van der Waals surface area contributed by atoms with Crippen LogP contribution in [0.25, 0.3) is 0 Å². The van der Waals surface area contributed by atoms with Crippen LogP contribution in [0.5, 0.6) is 5.75 Å². The van der Waals surface area contributed by atoms with Crippen LogP contribution in [0, 0.1) is 0 Å². The highest BCUT2D eigenvalue weighted by atomic mass is 16.5. The summed E-state index contributed by atoms with van der Waals surface area (Å²) in [7, 11) is 0. The minimum atomic E-state index is 0.465. The Morgan fingerprint density at radius 1 is 1.40 bits per heavy atom. The first kappa shape index (κ1) is 11.8. The van der Waals surface area contributed by atoms with Gasteiger partial charge in [-0.25, -0.2) is 0 Å². The molecule has 15 heavy (non-hydrogen) atoms. The molecule has 1 aromatic rings. The third-order valence-electron chi connectivity index (χ3n) is 2.26. The SMILES string of the molecule is C=C(CN)COc1ccccc1C(C)C. The van der Waals surface area contributed by atoms with E-state index in [-0.39, 0.29) is 0 Å². The van der Waals surface area contributed by atoms with Gasteiger partial charge in [0.2, 0.25) is 0 Å². The second-order valence-corrected chi connectivity index (χ2v) is 3.94. The van der Waals surface area contributed by atoms with E-state index in [9.17, 15) is 0 Å². The maximum absolute atomic E-state index is 5.67. The van der Waals surface area contributed by atoms with Gasteiger partial charge in [-0.15, -0.1) is 0 Å². The lowest BCUT2D eigenvalue weighted by atomic mass is 10.0. The number of para-hydroxylation sites is 1. The summed E-state index contributed by atoms with van der Waals surface area (Å²) < 4.78 is 5.67. The molecule has 0 bridgehead atoms. The summed E-state index contributed by atoms with van der Waals surface area (Å²) in [5, 5.41) is 0. The van der Waals surface area contributed by atoms with Crippen LogP contribution in [-0.2, 0) is 0 Å². The Kier molecular flexibility index (Phi) is 4.37. The molecule has 1 rings (SSSR count). The Hall–Kier alpha value is -1.28. The van der Waals surface area contributed by atoms with E-state index in [0.29, 0.717) is 19.1 Å². The molecule has 0 heterocycles. The number of rotatable bonds is 5. The Morgan fingerprint density at radius 3 is 2.67 bits per heavy atom. The largest absolute Gasteiger partial charge is 0.489 e. The van der Waals surface area contributed by atoms with Crippen LogP contribution < -0.4 is 10.5 Å². The van der Waals surface area contributed by atoms with Crippen molar-refractivity contribution in [2.24, 2.45) is 5.73 Å². The fourth-order valence-electron chi connectivity index (χ4n) is 1.33. The Bertz CT molecular complexity index is 331. The first-order chi connectivity index (χ1) is 7.15. The molecule has 82 valence electrons. The highest BCUT2D eigenvalue weighted by Gasteiger charge is 2.06. The minimum absolute atomic E-state index is 0.465. The van der Waals surface area contributed by atoms with E-state index in [1.807, 2.05) is 18.2 Å². The molecular formula is C13H19NO. The molecule has 2 nitrogen and oxygen atoms in total. The molecule has 0 radical (unpaired) electrons. The van der Waals surface area contributed by atoms with Crippen LogP contribution in [-0.4, -0.2) is 13.2 Å². The van der Waals surface area contributed by atoms with Gasteiger partial charge < -0.3 is 10.5 Å². The van der Waals surface area contributed by atoms with Crippen molar-refractivity contribution in [3.63, 3.8) is 0 Å². The summed E-state index contributed by atoms with van der Waals surface area (Å²) in [6.07, 6.45) is 0. The Balaban J connectivity index is 2.71. The van der Waals surface area contributed by atoms with Gasteiger partial charge in [0.25, 0.3) is 0 Å². The van der Waals surface area contributed by atoms with Crippen molar-refractivity contribution in [2.45, 2.75) is 19.8 Å². The molecule has 0 unspecified atom stereocenters. The van der Waals surface area contributed by atoms with Gasteiger partial charge in [0, 0.05) is 6.54 Å². The molecule has 2 N–H and O–H groups in total. The van der Waals surface area contributed by atoms with Gasteiger partial charge in [-0.3, -0.25) is 0 Å². The van der Waals surface area contributed by atoms with Crippen LogP contribution in [0.3, 0.4) is 0 Å². The summed E-state index contributed by atoms with van der Waals surface area (Å²) in [6, 6.07) is 8.08. The van der Waals surface area contributed by atoms with E-state index in [1.165, 1.54) is 5.56 Å². The van der Waals surface area contributed by atoms with Crippen molar-refractivity contribution in [2.75, 3.05) is 13.2 Å². The lowest BCUT2D eigenvalue weighted by molar-refractivity contribution is 0.345. The molecule has 0 aromatic heterocycles. The number of benzene rings is 1. The predicted molar refractivity (Wildman–Crippen MR) is 64.2 cm³/mol. The normalized spacial score (nSPS) is 10.4. The highest BCUT2D eigenvalue weighted by molar-refractivity contribution is 5.35. The second kappa shape index (κ2) is 5.56. The van der Waals surface area contributed by atoms with E-state index >= 15 is 0 Å². The monoisotopic (exact) mass is 205 g/mol. The fraction of sp³-hybridized carbons (Fsp3) is 0.385. The molecule has 0 amide bonds. The molecule has 0 fully saturated rings. The molecule has 0 aliphatic carbocycles. The minimum Gasteiger partial charge on any atom is -0.489 e. The standard InChI is InChI=1S/C13H19NO/c1-10(2)12-6-4-5-7-13(12)15-9-11(3)8-14/h4-7,10H,3,8-9,14H2,1-2H3. The molecular weight excluding hydrogens is 186 g/mol.